The average molecular weight is 624 g/mol. The van der Waals surface area contributed by atoms with Crippen LogP contribution in [-0.4, -0.2) is 67.8 Å². The Labute approximate surface area is 251 Å². The molecule has 0 unspecified atom stereocenters. The Hall–Kier alpha value is -4.43. The zero-order valence-corrected chi connectivity index (χ0v) is 24.3. The normalized spacial score (nSPS) is 21.8. The number of nitrogens with one attached hydrogen (secondary N) is 1. The number of pyridine rings is 3. The van der Waals surface area contributed by atoms with Crippen LogP contribution in [0.15, 0.2) is 53.7 Å². The van der Waals surface area contributed by atoms with Gasteiger partial charge in [-0.3, -0.25) is 9.78 Å². The molecule has 5 heterocycles. The number of ether oxygens (including phenoxy) is 3. The molecule has 1 N–H and O–H groups in total. The van der Waals surface area contributed by atoms with Gasteiger partial charge in [0, 0.05) is 42.8 Å². The summed E-state index contributed by atoms with van der Waals surface area (Å²) in [6, 6.07) is 9.30. The smallest absolute Gasteiger partial charge is 0.251 e. The zero-order chi connectivity index (χ0) is 30.6. The topological polar surface area (TPSA) is 133 Å². The molecule has 3 aliphatic rings. The van der Waals surface area contributed by atoms with E-state index in [-0.39, 0.29) is 24.8 Å². The fraction of sp³-hybridized carbons (Fsp3) is 0.333. The van der Waals surface area contributed by atoms with Gasteiger partial charge in [0.1, 0.15) is 17.3 Å². The molecule has 228 valence electrons. The quantitative estimate of drug-likeness (QED) is 0.336. The molecule has 44 heavy (non-hydrogen) atoms. The lowest BCUT2D eigenvalue weighted by Crippen LogP contribution is -2.30. The first-order valence-electron chi connectivity index (χ1n) is 14.0. The minimum atomic E-state index is -4.52. The molecule has 0 saturated heterocycles. The number of halogens is 2. The number of rotatable bonds is 6. The molecule has 3 atom stereocenters. The number of aromatic nitrogens is 3. The van der Waals surface area contributed by atoms with E-state index in [1.165, 1.54) is 0 Å². The van der Waals surface area contributed by atoms with Gasteiger partial charge in [0.05, 0.1) is 37.0 Å². The summed E-state index contributed by atoms with van der Waals surface area (Å²) in [5.41, 5.74) is -0.374. The first kappa shape index (κ1) is 28.3. The fourth-order valence-corrected chi connectivity index (χ4v) is 6.88. The van der Waals surface area contributed by atoms with Crippen molar-refractivity contribution in [2.75, 3.05) is 31.8 Å². The van der Waals surface area contributed by atoms with Crippen LogP contribution >= 0.6 is 0 Å². The number of amides is 1. The van der Waals surface area contributed by atoms with Gasteiger partial charge < -0.3 is 24.4 Å². The SMILES string of the molecule is CO[C@H]1C[C@H]1c1cnc2c(c1)OCCN2c1ccc2cnc(CNC(=O)c3cc(F)c4c(c3)S(=O)(=O)[C@@H](F)CCO4)cc2n1. The van der Waals surface area contributed by atoms with E-state index >= 15 is 0 Å². The number of carbonyl (C=O) groups excluding carboxylic acids is 1. The van der Waals surface area contributed by atoms with Crippen LogP contribution in [-0.2, 0) is 21.1 Å². The second kappa shape index (κ2) is 10.9. The number of alkyl halides is 1. The van der Waals surface area contributed by atoms with Crippen LogP contribution in [0, 0.1) is 5.82 Å². The van der Waals surface area contributed by atoms with Crippen molar-refractivity contribution < 1.29 is 36.2 Å². The number of anilines is 2. The molecule has 1 aliphatic carbocycles. The maximum Gasteiger partial charge on any atom is 0.251 e. The molecule has 0 spiro atoms. The Balaban J connectivity index is 1.10. The highest BCUT2D eigenvalue weighted by molar-refractivity contribution is 7.92. The predicted octanol–water partition coefficient (Wildman–Crippen LogP) is 3.98. The maximum absolute atomic E-state index is 14.7. The molecule has 4 aromatic rings. The van der Waals surface area contributed by atoms with Gasteiger partial charge in [-0.25, -0.2) is 27.2 Å². The summed E-state index contributed by atoms with van der Waals surface area (Å²) >= 11 is 0. The maximum atomic E-state index is 14.7. The lowest BCUT2D eigenvalue weighted by Gasteiger charge is -2.29. The molecular formula is C30H27F2N5O6S. The highest BCUT2D eigenvalue weighted by Crippen LogP contribution is 2.45. The minimum absolute atomic E-state index is 0.0529. The van der Waals surface area contributed by atoms with Crippen LogP contribution in [0.5, 0.6) is 11.5 Å². The van der Waals surface area contributed by atoms with Crippen molar-refractivity contribution in [2.24, 2.45) is 0 Å². The number of benzene rings is 1. The fourth-order valence-electron chi connectivity index (χ4n) is 5.49. The first-order chi connectivity index (χ1) is 21.2. The summed E-state index contributed by atoms with van der Waals surface area (Å²) in [7, 11) is -2.81. The van der Waals surface area contributed by atoms with Crippen molar-refractivity contribution in [3.63, 3.8) is 0 Å². The number of sulfone groups is 1. The molecule has 14 heteroatoms. The van der Waals surface area contributed by atoms with Gasteiger partial charge in [-0.2, -0.15) is 0 Å². The molecule has 3 aromatic heterocycles. The Morgan fingerprint density at radius 3 is 2.82 bits per heavy atom. The second-order valence-corrected chi connectivity index (χ2v) is 12.8. The van der Waals surface area contributed by atoms with E-state index in [9.17, 15) is 22.0 Å². The van der Waals surface area contributed by atoms with Crippen molar-refractivity contribution in [3.8, 4) is 11.5 Å². The van der Waals surface area contributed by atoms with Gasteiger partial charge in [0.15, 0.2) is 23.1 Å². The Bertz CT molecular complexity index is 1910. The average Bonchev–Trinajstić information content (AvgIpc) is 3.84. The van der Waals surface area contributed by atoms with Crippen molar-refractivity contribution >= 4 is 38.3 Å². The van der Waals surface area contributed by atoms with Crippen molar-refractivity contribution in [1.29, 1.82) is 0 Å². The molecule has 2 aliphatic heterocycles. The van der Waals surface area contributed by atoms with Gasteiger partial charge in [-0.1, -0.05) is 0 Å². The number of methoxy groups -OCH3 is 1. The summed E-state index contributed by atoms with van der Waals surface area (Å²) in [5.74, 6) is -0.0618. The standard InChI is InChI=1S/C30H27F2N5O6S/c1-41-23-12-20(23)18-9-24-29(34-14-18)37(5-7-42-24)27-3-2-16-13-33-19(11-22(16)36-27)15-35-30(38)17-8-21(31)28-25(10-17)44(39,40)26(32)4-6-43-28/h2-3,8-11,13-14,20,23,26H,4-7,12,15H2,1H3,(H,35,38)/t20-,23-,26+/m0/s1. The summed E-state index contributed by atoms with van der Waals surface area (Å²) in [5, 5.41) is 3.39. The van der Waals surface area contributed by atoms with Gasteiger partial charge in [0.25, 0.3) is 5.91 Å². The molecule has 1 fully saturated rings. The van der Waals surface area contributed by atoms with E-state index < -0.39 is 44.1 Å². The first-order valence-corrected chi connectivity index (χ1v) is 15.6. The van der Waals surface area contributed by atoms with Gasteiger partial charge in [0.2, 0.25) is 15.3 Å². The third-order valence-corrected chi connectivity index (χ3v) is 9.80. The Morgan fingerprint density at radius 2 is 2.00 bits per heavy atom. The van der Waals surface area contributed by atoms with E-state index in [1.807, 2.05) is 29.3 Å². The van der Waals surface area contributed by atoms with E-state index in [0.29, 0.717) is 47.7 Å². The molecule has 7 rings (SSSR count). The molecule has 0 radical (unpaired) electrons. The van der Waals surface area contributed by atoms with E-state index in [4.69, 9.17) is 19.2 Å². The summed E-state index contributed by atoms with van der Waals surface area (Å²) < 4.78 is 70.5. The number of carbonyl (C=O) groups is 1. The van der Waals surface area contributed by atoms with E-state index in [0.717, 1.165) is 29.5 Å². The number of hydrogen-bond acceptors (Lipinski definition) is 10. The monoisotopic (exact) mass is 623 g/mol. The Kier molecular flexibility index (Phi) is 7.04. The molecule has 1 aromatic carbocycles. The largest absolute Gasteiger partial charge is 0.489 e. The van der Waals surface area contributed by atoms with Crippen molar-refractivity contribution in [1.82, 2.24) is 20.3 Å². The summed E-state index contributed by atoms with van der Waals surface area (Å²) in [4.78, 5) is 28.1. The van der Waals surface area contributed by atoms with Crippen LogP contribution < -0.4 is 19.7 Å². The second-order valence-electron chi connectivity index (χ2n) is 10.8. The lowest BCUT2D eigenvalue weighted by atomic mass is 10.1. The zero-order valence-electron chi connectivity index (χ0n) is 23.5. The number of hydrogen-bond donors (Lipinski definition) is 1. The van der Waals surface area contributed by atoms with Gasteiger partial charge in [-0.15, -0.1) is 0 Å². The molecular weight excluding hydrogens is 596 g/mol. The van der Waals surface area contributed by atoms with Crippen LogP contribution in [0.4, 0.5) is 20.4 Å². The highest BCUT2D eigenvalue weighted by atomic mass is 32.2. The highest BCUT2D eigenvalue weighted by Gasteiger charge is 2.40. The minimum Gasteiger partial charge on any atom is -0.489 e. The Morgan fingerprint density at radius 1 is 1.14 bits per heavy atom. The summed E-state index contributed by atoms with van der Waals surface area (Å²) in [6.07, 6.45) is 4.21. The molecule has 1 amide bonds. The van der Waals surface area contributed by atoms with Gasteiger partial charge in [-0.05, 0) is 48.4 Å². The van der Waals surface area contributed by atoms with E-state index in [1.54, 1.807) is 19.4 Å². The lowest BCUT2D eigenvalue weighted by molar-refractivity contribution is 0.0949. The molecule has 1 saturated carbocycles. The third-order valence-electron chi connectivity index (χ3n) is 7.97. The van der Waals surface area contributed by atoms with Crippen LogP contribution in [0.1, 0.15) is 40.4 Å². The van der Waals surface area contributed by atoms with Crippen LogP contribution in [0.3, 0.4) is 0 Å². The van der Waals surface area contributed by atoms with E-state index in [2.05, 4.69) is 15.3 Å². The van der Waals surface area contributed by atoms with Crippen LogP contribution in [0.25, 0.3) is 10.9 Å². The van der Waals surface area contributed by atoms with Crippen molar-refractivity contribution in [2.45, 2.75) is 41.8 Å². The number of nitrogens with zero attached hydrogens (tertiary/aromatic N) is 4. The third kappa shape index (κ3) is 5.07. The predicted molar refractivity (Wildman–Crippen MR) is 154 cm³/mol. The van der Waals surface area contributed by atoms with Gasteiger partial charge >= 0.3 is 0 Å². The van der Waals surface area contributed by atoms with Crippen molar-refractivity contribution in [3.05, 3.63) is 71.4 Å². The number of fused-ring (bicyclic) bond motifs is 3. The molecule has 0 bridgehead atoms. The summed E-state index contributed by atoms with van der Waals surface area (Å²) in [6.45, 7) is 0.664. The molecule has 11 nitrogen and oxygen atoms in total. The van der Waals surface area contributed by atoms with Crippen LogP contribution in [0.2, 0.25) is 0 Å².